The first kappa shape index (κ1) is 32.8. The normalized spacial score (nSPS) is 12.0. The quantitative estimate of drug-likeness (QED) is 0.198. The van der Waals surface area contributed by atoms with Crippen LogP contribution in [-0.2, 0) is 32.6 Å². The van der Waals surface area contributed by atoms with E-state index in [1.807, 2.05) is 82.3 Å². The summed E-state index contributed by atoms with van der Waals surface area (Å²) in [4.78, 5) is 29.8. The fourth-order valence-electron chi connectivity index (χ4n) is 4.88. The highest BCUT2D eigenvalue weighted by Crippen LogP contribution is 2.26. The monoisotopic (exact) mass is 631 g/mol. The van der Waals surface area contributed by atoms with Crippen molar-refractivity contribution in [2.75, 3.05) is 10.8 Å². The van der Waals surface area contributed by atoms with Crippen LogP contribution in [0.3, 0.4) is 0 Å². The first-order valence-electron chi connectivity index (χ1n) is 14.5. The number of nitrogens with one attached hydrogen (secondary N) is 1. The van der Waals surface area contributed by atoms with Gasteiger partial charge in [0.25, 0.3) is 10.0 Å². The van der Waals surface area contributed by atoms with E-state index in [4.69, 9.17) is 11.6 Å². The van der Waals surface area contributed by atoms with Gasteiger partial charge in [-0.1, -0.05) is 83.9 Å². The number of rotatable bonds is 12. The van der Waals surface area contributed by atoms with E-state index in [2.05, 4.69) is 5.32 Å². The summed E-state index contributed by atoms with van der Waals surface area (Å²) < 4.78 is 29.2. The SMILES string of the molecule is Cc1ccc(N(CC(=O)N(Cc2ccccc2C)[C@H](Cc2ccccc2)C(=O)NC(C)C)S(=O)(=O)c2ccc(Cl)cc2)cc1. The summed E-state index contributed by atoms with van der Waals surface area (Å²) >= 11 is 6.05. The molecule has 230 valence electrons. The van der Waals surface area contributed by atoms with Crippen LogP contribution >= 0.6 is 11.6 Å². The molecule has 1 atom stereocenters. The molecular weight excluding hydrogens is 594 g/mol. The number of halogens is 1. The lowest BCUT2D eigenvalue weighted by molar-refractivity contribution is -0.140. The van der Waals surface area contributed by atoms with Crippen LogP contribution in [0.5, 0.6) is 0 Å². The maximum absolute atomic E-state index is 14.5. The molecule has 4 aromatic carbocycles. The Kier molecular flexibility index (Phi) is 10.8. The van der Waals surface area contributed by atoms with Gasteiger partial charge in [-0.25, -0.2) is 8.42 Å². The van der Waals surface area contributed by atoms with Crippen LogP contribution in [0.4, 0.5) is 5.69 Å². The standard InChI is InChI=1S/C35H38ClN3O4S/c1-25(2)37-35(41)33(22-28-11-6-5-7-12-28)38(23-29-13-9-8-10-27(29)4)34(40)24-39(31-18-14-26(3)15-19-31)44(42,43)32-20-16-30(36)17-21-32/h5-21,25,33H,22-24H2,1-4H3,(H,37,41)/t33-/m1/s1. The van der Waals surface area contributed by atoms with E-state index in [1.165, 1.54) is 29.2 Å². The van der Waals surface area contributed by atoms with Crippen LogP contribution in [0, 0.1) is 13.8 Å². The highest BCUT2D eigenvalue weighted by Gasteiger charge is 2.35. The molecule has 2 amide bonds. The van der Waals surface area contributed by atoms with Crippen LogP contribution in [0.15, 0.2) is 108 Å². The number of hydrogen-bond acceptors (Lipinski definition) is 4. The Morgan fingerprint density at radius 2 is 1.43 bits per heavy atom. The van der Waals surface area contributed by atoms with Crippen LogP contribution in [-0.4, -0.2) is 43.8 Å². The molecule has 0 unspecified atom stereocenters. The van der Waals surface area contributed by atoms with Gasteiger partial charge in [0.1, 0.15) is 12.6 Å². The van der Waals surface area contributed by atoms with Gasteiger partial charge in [0.15, 0.2) is 0 Å². The number of carbonyl (C=O) groups excluding carboxylic acids is 2. The number of carbonyl (C=O) groups is 2. The molecule has 0 bridgehead atoms. The van der Waals surface area contributed by atoms with Gasteiger partial charge in [0.05, 0.1) is 10.6 Å². The molecule has 0 saturated carbocycles. The van der Waals surface area contributed by atoms with Crippen molar-refractivity contribution in [2.24, 2.45) is 0 Å². The molecule has 4 rings (SSSR count). The number of aryl methyl sites for hydroxylation is 2. The minimum Gasteiger partial charge on any atom is -0.352 e. The molecule has 0 aliphatic carbocycles. The smallest absolute Gasteiger partial charge is 0.264 e. The van der Waals surface area contributed by atoms with Gasteiger partial charge in [-0.05, 0) is 80.8 Å². The zero-order valence-electron chi connectivity index (χ0n) is 25.4. The molecule has 4 aromatic rings. The predicted molar refractivity (Wildman–Crippen MR) is 176 cm³/mol. The van der Waals surface area contributed by atoms with Gasteiger partial charge in [-0.2, -0.15) is 0 Å². The third-order valence-corrected chi connectivity index (χ3v) is 9.35. The topological polar surface area (TPSA) is 86.8 Å². The number of anilines is 1. The molecule has 0 aromatic heterocycles. The van der Waals surface area contributed by atoms with Gasteiger partial charge in [0, 0.05) is 24.0 Å². The second-order valence-corrected chi connectivity index (χ2v) is 13.4. The summed E-state index contributed by atoms with van der Waals surface area (Å²) in [5, 5.41) is 3.37. The second-order valence-electron chi connectivity index (χ2n) is 11.1. The average molecular weight is 632 g/mol. The van der Waals surface area contributed by atoms with E-state index in [0.29, 0.717) is 10.7 Å². The maximum Gasteiger partial charge on any atom is 0.264 e. The number of hydrogen-bond donors (Lipinski definition) is 1. The highest BCUT2D eigenvalue weighted by molar-refractivity contribution is 7.92. The molecule has 0 aliphatic rings. The first-order chi connectivity index (χ1) is 21.0. The summed E-state index contributed by atoms with van der Waals surface area (Å²) in [6.45, 7) is 7.18. The molecule has 44 heavy (non-hydrogen) atoms. The highest BCUT2D eigenvalue weighted by atomic mass is 35.5. The largest absolute Gasteiger partial charge is 0.352 e. The summed E-state index contributed by atoms with van der Waals surface area (Å²) in [7, 11) is -4.19. The molecule has 0 fully saturated rings. The summed E-state index contributed by atoms with van der Waals surface area (Å²) in [6.07, 6.45) is 0.255. The Morgan fingerprint density at radius 3 is 2.05 bits per heavy atom. The van der Waals surface area contributed by atoms with Gasteiger partial charge in [0.2, 0.25) is 11.8 Å². The van der Waals surface area contributed by atoms with Crippen LogP contribution < -0.4 is 9.62 Å². The minimum absolute atomic E-state index is 0.000819. The van der Waals surface area contributed by atoms with E-state index in [0.717, 1.165) is 26.6 Å². The molecule has 0 spiro atoms. The van der Waals surface area contributed by atoms with E-state index >= 15 is 0 Å². The van der Waals surface area contributed by atoms with Crippen molar-refractivity contribution in [3.8, 4) is 0 Å². The van der Waals surface area contributed by atoms with Crippen molar-refractivity contribution in [1.82, 2.24) is 10.2 Å². The minimum atomic E-state index is -4.19. The molecule has 0 saturated heterocycles. The Bertz CT molecular complexity index is 1680. The second kappa shape index (κ2) is 14.6. The van der Waals surface area contributed by atoms with Crippen molar-refractivity contribution >= 4 is 39.1 Å². The van der Waals surface area contributed by atoms with Gasteiger partial charge in [-0.15, -0.1) is 0 Å². The maximum atomic E-state index is 14.5. The van der Waals surface area contributed by atoms with E-state index < -0.39 is 28.5 Å². The summed E-state index contributed by atoms with van der Waals surface area (Å²) in [5.74, 6) is -0.820. The van der Waals surface area contributed by atoms with Crippen LogP contribution in [0.1, 0.15) is 36.1 Å². The Morgan fingerprint density at radius 1 is 0.818 bits per heavy atom. The fourth-order valence-corrected chi connectivity index (χ4v) is 6.42. The Labute approximate surface area is 265 Å². The van der Waals surface area contributed by atoms with Crippen LogP contribution in [0.25, 0.3) is 0 Å². The Balaban J connectivity index is 1.81. The van der Waals surface area contributed by atoms with E-state index in [1.54, 1.807) is 24.3 Å². The van der Waals surface area contributed by atoms with Gasteiger partial charge in [-0.3, -0.25) is 13.9 Å². The fraction of sp³-hybridized carbons (Fsp3) is 0.257. The zero-order chi connectivity index (χ0) is 31.9. The number of benzene rings is 4. The van der Waals surface area contributed by atoms with Crippen molar-refractivity contribution in [2.45, 2.75) is 57.6 Å². The molecule has 9 heteroatoms. The average Bonchev–Trinajstić information content (AvgIpc) is 2.99. The van der Waals surface area contributed by atoms with E-state index in [-0.39, 0.29) is 29.8 Å². The summed E-state index contributed by atoms with van der Waals surface area (Å²) in [6, 6.07) is 28.9. The van der Waals surface area contributed by atoms with Crippen molar-refractivity contribution < 1.29 is 18.0 Å². The molecule has 0 heterocycles. The van der Waals surface area contributed by atoms with Crippen molar-refractivity contribution in [3.05, 3.63) is 130 Å². The third kappa shape index (κ3) is 8.27. The Hall–Kier alpha value is -4.14. The lowest BCUT2D eigenvalue weighted by Crippen LogP contribution is -2.54. The predicted octanol–water partition coefficient (Wildman–Crippen LogP) is 6.32. The van der Waals surface area contributed by atoms with Gasteiger partial charge >= 0.3 is 0 Å². The molecular formula is C35H38ClN3O4S. The van der Waals surface area contributed by atoms with Crippen molar-refractivity contribution in [3.63, 3.8) is 0 Å². The molecule has 0 radical (unpaired) electrons. The van der Waals surface area contributed by atoms with Crippen LogP contribution in [0.2, 0.25) is 5.02 Å². The molecule has 0 aliphatic heterocycles. The number of amides is 2. The zero-order valence-corrected chi connectivity index (χ0v) is 27.0. The molecule has 1 N–H and O–H groups in total. The van der Waals surface area contributed by atoms with Crippen molar-refractivity contribution in [1.29, 1.82) is 0 Å². The van der Waals surface area contributed by atoms with Gasteiger partial charge < -0.3 is 10.2 Å². The number of nitrogens with zero attached hydrogens (tertiary/aromatic N) is 2. The lowest BCUT2D eigenvalue weighted by atomic mass is 10.0. The van der Waals surface area contributed by atoms with E-state index in [9.17, 15) is 18.0 Å². The first-order valence-corrected chi connectivity index (χ1v) is 16.3. The third-order valence-electron chi connectivity index (χ3n) is 7.31. The number of sulfonamides is 1. The molecule has 7 nitrogen and oxygen atoms in total. The summed E-state index contributed by atoms with van der Waals surface area (Å²) in [5.41, 5.74) is 3.97. The lowest BCUT2D eigenvalue weighted by Gasteiger charge is -2.34.